The van der Waals surface area contributed by atoms with E-state index in [0.717, 1.165) is 12.0 Å². The molecular weight excluding hydrogens is 404 g/mol. The van der Waals surface area contributed by atoms with Gasteiger partial charge in [0.2, 0.25) is 5.09 Å². The molecule has 9 heteroatoms. The van der Waals surface area contributed by atoms with Crippen molar-refractivity contribution in [1.29, 1.82) is 0 Å². The predicted molar refractivity (Wildman–Crippen MR) is 107 cm³/mol. The molecular formula is C19H25ClN2O5S. The van der Waals surface area contributed by atoms with E-state index in [1.54, 1.807) is 6.92 Å². The van der Waals surface area contributed by atoms with Crippen LogP contribution in [0.4, 0.5) is 0 Å². The van der Waals surface area contributed by atoms with Gasteiger partial charge in [-0.25, -0.2) is 13.2 Å². The van der Waals surface area contributed by atoms with Gasteiger partial charge in [0.1, 0.15) is 11.3 Å². The van der Waals surface area contributed by atoms with Crippen LogP contribution in [0.2, 0.25) is 0 Å². The Balaban J connectivity index is 0.00000280. The van der Waals surface area contributed by atoms with E-state index in [-0.39, 0.29) is 34.9 Å². The lowest BCUT2D eigenvalue weighted by atomic mass is 10.0. The average molecular weight is 429 g/mol. The molecule has 1 saturated heterocycles. The van der Waals surface area contributed by atoms with E-state index in [4.69, 9.17) is 4.42 Å². The van der Waals surface area contributed by atoms with E-state index in [9.17, 15) is 13.2 Å². The molecule has 0 radical (unpaired) electrons. The smallest absolute Gasteiger partial charge is 0.341 e. The van der Waals surface area contributed by atoms with Crippen molar-refractivity contribution in [3.63, 3.8) is 0 Å². The van der Waals surface area contributed by atoms with Gasteiger partial charge in [-0.1, -0.05) is 31.2 Å². The number of esters is 1. The molecule has 1 aliphatic heterocycles. The quantitative estimate of drug-likeness (QED) is 0.736. The number of nitrogens with zero attached hydrogens (tertiary/aromatic N) is 1. The summed E-state index contributed by atoms with van der Waals surface area (Å²) in [6.07, 6.45) is 0.924. The second-order valence-corrected chi connectivity index (χ2v) is 8.28. The minimum atomic E-state index is -3.90. The van der Waals surface area contributed by atoms with Gasteiger partial charge in [-0.3, -0.25) is 0 Å². The zero-order valence-electron chi connectivity index (χ0n) is 16.1. The Morgan fingerprint density at radius 3 is 2.61 bits per heavy atom. The monoisotopic (exact) mass is 428 g/mol. The van der Waals surface area contributed by atoms with E-state index in [1.807, 2.05) is 24.3 Å². The highest BCUT2D eigenvalue weighted by Gasteiger charge is 2.37. The number of hydrogen-bond acceptors (Lipinski definition) is 6. The first-order valence-corrected chi connectivity index (χ1v) is 10.3. The van der Waals surface area contributed by atoms with Gasteiger partial charge in [-0.05, 0) is 24.5 Å². The van der Waals surface area contributed by atoms with Gasteiger partial charge in [0.05, 0.1) is 13.2 Å². The maximum absolute atomic E-state index is 13.2. The van der Waals surface area contributed by atoms with Crippen LogP contribution in [0.25, 0.3) is 0 Å². The number of methoxy groups -OCH3 is 1. The molecule has 1 unspecified atom stereocenters. The van der Waals surface area contributed by atoms with Crippen molar-refractivity contribution in [2.24, 2.45) is 0 Å². The van der Waals surface area contributed by atoms with Crippen LogP contribution in [0.3, 0.4) is 0 Å². The first-order chi connectivity index (χ1) is 12.9. The molecule has 154 valence electrons. The molecule has 2 heterocycles. The number of benzene rings is 1. The van der Waals surface area contributed by atoms with Gasteiger partial charge >= 0.3 is 5.97 Å². The van der Waals surface area contributed by atoms with Crippen LogP contribution < -0.4 is 5.32 Å². The third-order valence-electron chi connectivity index (χ3n) is 4.83. The van der Waals surface area contributed by atoms with Crippen molar-refractivity contribution in [1.82, 2.24) is 9.62 Å². The number of carbonyl (C=O) groups excluding carboxylic acids is 1. The summed E-state index contributed by atoms with van der Waals surface area (Å²) < 4.78 is 38.0. The Labute approximate surface area is 171 Å². The second-order valence-electron chi connectivity index (χ2n) is 6.46. The Morgan fingerprint density at radius 2 is 2.00 bits per heavy atom. The van der Waals surface area contributed by atoms with Gasteiger partial charge in [0.25, 0.3) is 10.0 Å². The van der Waals surface area contributed by atoms with Crippen molar-refractivity contribution < 1.29 is 22.4 Å². The normalized spacial score (nSPS) is 17.8. The average Bonchev–Trinajstić information content (AvgIpc) is 3.10. The molecule has 0 spiro atoms. The number of furan rings is 1. The fourth-order valence-electron chi connectivity index (χ4n) is 3.24. The van der Waals surface area contributed by atoms with Gasteiger partial charge in [-0.2, -0.15) is 4.31 Å². The summed E-state index contributed by atoms with van der Waals surface area (Å²) in [5.41, 5.74) is 2.23. The lowest BCUT2D eigenvalue weighted by Crippen LogP contribution is -2.48. The number of rotatable bonds is 5. The molecule has 2 aromatic rings. The van der Waals surface area contributed by atoms with Crippen molar-refractivity contribution >= 4 is 28.4 Å². The summed E-state index contributed by atoms with van der Waals surface area (Å²) in [4.78, 5) is 11.8. The molecule has 3 rings (SSSR count). The molecule has 1 aromatic heterocycles. The van der Waals surface area contributed by atoms with Crippen LogP contribution >= 0.6 is 12.4 Å². The molecule has 0 bridgehead atoms. The third kappa shape index (κ3) is 4.25. The maximum Gasteiger partial charge on any atom is 0.341 e. The van der Waals surface area contributed by atoms with Crippen molar-refractivity contribution in [3.05, 3.63) is 52.8 Å². The molecule has 0 aliphatic carbocycles. The molecule has 0 saturated carbocycles. The minimum absolute atomic E-state index is 0. The summed E-state index contributed by atoms with van der Waals surface area (Å²) in [6, 6.07) is 8.86. The number of ether oxygens (including phenoxy) is 1. The van der Waals surface area contributed by atoms with Gasteiger partial charge in [0.15, 0.2) is 0 Å². The van der Waals surface area contributed by atoms with Gasteiger partial charge < -0.3 is 14.5 Å². The van der Waals surface area contributed by atoms with E-state index >= 15 is 0 Å². The zero-order valence-corrected chi connectivity index (χ0v) is 17.7. The second kappa shape index (κ2) is 9.09. The Hall–Kier alpha value is -1.87. The van der Waals surface area contributed by atoms with E-state index < -0.39 is 16.0 Å². The van der Waals surface area contributed by atoms with Crippen molar-refractivity contribution in [3.8, 4) is 0 Å². The van der Waals surface area contributed by atoms with Crippen LogP contribution in [0.5, 0.6) is 0 Å². The number of halogens is 1. The number of hydrogen-bond donors (Lipinski definition) is 1. The molecule has 0 amide bonds. The Bertz CT molecular complexity index is 924. The minimum Gasteiger partial charge on any atom is -0.465 e. The molecule has 1 atom stereocenters. The lowest BCUT2D eigenvalue weighted by Gasteiger charge is -2.34. The topological polar surface area (TPSA) is 88.9 Å². The molecule has 1 N–H and O–H groups in total. The molecule has 28 heavy (non-hydrogen) atoms. The number of nitrogens with one attached hydrogen (secondary N) is 1. The highest BCUT2D eigenvalue weighted by atomic mass is 35.5. The summed E-state index contributed by atoms with van der Waals surface area (Å²) >= 11 is 0. The molecule has 1 aromatic carbocycles. The summed E-state index contributed by atoms with van der Waals surface area (Å²) in [7, 11) is -2.65. The number of carbonyl (C=O) groups is 1. The SMILES string of the molecule is CCc1ccc(C2CNCCN2S(=O)(=O)c2cc(C(=O)OC)c(C)o2)cc1.Cl. The fourth-order valence-corrected chi connectivity index (χ4v) is 4.83. The molecule has 1 aliphatic rings. The molecule has 7 nitrogen and oxygen atoms in total. The maximum atomic E-state index is 13.2. The third-order valence-corrected chi connectivity index (χ3v) is 6.59. The predicted octanol–water partition coefficient (Wildman–Crippen LogP) is 2.69. The van der Waals surface area contributed by atoms with Crippen LogP contribution in [0.15, 0.2) is 39.8 Å². The van der Waals surface area contributed by atoms with Crippen molar-refractivity contribution in [2.45, 2.75) is 31.4 Å². The van der Waals surface area contributed by atoms with Crippen LogP contribution in [0.1, 0.15) is 40.2 Å². The van der Waals surface area contributed by atoms with Crippen LogP contribution in [-0.4, -0.2) is 45.4 Å². The fraction of sp³-hybridized carbons (Fsp3) is 0.421. The number of sulfonamides is 1. The highest BCUT2D eigenvalue weighted by Crippen LogP contribution is 2.31. The van der Waals surface area contributed by atoms with E-state index in [0.29, 0.717) is 19.6 Å². The van der Waals surface area contributed by atoms with Crippen molar-refractivity contribution in [2.75, 3.05) is 26.7 Å². The first kappa shape index (κ1) is 22.4. The van der Waals surface area contributed by atoms with E-state index in [1.165, 1.54) is 23.0 Å². The highest BCUT2D eigenvalue weighted by molar-refractivity contribution is 7.89. The van der Waals surface area contributed by atoms with Gasteiger partial charge in [-0.15, -0.1) is 12.4 Å². The summed E-state index contributed by atoms with van der Waals surface area (Å²) in [5, 5.41) is 3.01. The Kier molecular flexibility index (Phi) is 7.28. The van der Waals surface area contributed by atoms with Crippen LogP contribution in [0, 0.1) is 6.92 Å². The lowest BCUT2D eigenvalue weighted by molar-refractivity contribution is 0.0598. The van der Waals surface area contributed by atoms with E-state index in [2.05, 4.69) is 17.0 Å². The van der Waals surface area contributed by atoms with Gasteiger partial charge in [0, 0.05) is 25.7 Å². The number of aryl methyl sites for hydroxylation is 2. The summed E-state index contributed by atoms with van der Waals surface area (Å²) in [5.74, 6) is -0.399. The largest absolute Gasteiger partial charge is 0.465 e. The number of piperazine rings is 1. The first-order valence-electron chi connectivity index (χ1n) is 8.88. The Morgan fingerprint density at radius 1 is 1.32 bits per heavy atom. The standard InChI is InChI=1S/C19H24N2O5S.ClH/c1-4-14-5-7-15(8-6-14)17-12-20-9-10-21(17)27(23,24)18-11-16(13(2)26-18)19(22)25-3;/h5-8,11,17,20H,4,9-10,12H2,1-3H3;1H. The summed E-state index contributed by atoms with van der Waals surface area (Å²) in [6.45, 7) is 4.99. The molecule has 1 fully saturated rings. The zero-order chi connectivity index (χ0) is 19.6. The van der Waals surface area contributed by atoms with Crippen LogP contribution in [-0.2, 0) is 21.2 Å².